The van der Waals surface area contributed by atoms with Gasteiger partial charge in [-0.05, 0) is 49.1 Å². The van der Waals surface area contributed by atoms with E-state index in [0.717, 1.165) is 65.5 Å². The number of hydrogen-bond donors (Lipinski definition) is 0. The molecule has 0 radical (unpaired) electrons. The van der Waals surface area contributed by atoms with Crippen molar-refractivity contribution in [3.8, 4) is 11.4 Å². The van der Waals surface area contributed by atoms with Crippen molar-refractivity contribution in [3.05, 3.63) is 46.2 Å². The summed E-state index contributed by atoms with van der Waals surface area (Å²) in [5.41, 5.74) is 5.60. The second kappa shape index (κ2) is 9.71. The summed E-state index contributed by atoms with van der Waals surface area (Å²) in [5, 5.41) is 0.790. The van der Waals surface area contributed by atoms with Crippen LogP contribution in [0, 0.1) is 0 Å². The van der Waals surface area contributed by atoms with E-state index in [9.17, 15) is 4.39 Å². The molecule has 5 heteroatoms. The van der Waals surface area contributed by atoms with E-state index in [2.05, 4.69) is 37.5 Å². The van der Waals surface area contributed by atoms with Crippen LogP contribution in [0.4, 0.5) is 4.39 Å². The summed E-state index contributed by atoms with van der Waals surface area (Å²) < 4.78 is 21.4. The molecule has 0 spiro atoms. The van der Waals surface area contributed by atoms with E-state index in [0.29, 0.717) is 13.2 Å². The fourth-order valence-electron chi connectivity index (χ4n) is 3.93. The molecule has 28 heavy (non-hydrogen) atoms. The zero-order valence-corrected chi connectivity index (χ0v) is 17.9. The van der Waals surface area contributed by atoms with Crippen LogP contribution in [0.3, 0.4) is 0 Å². The summed E-state index contributed by atoms with van der Waals surface area (Å²) >= 11 is 6.39. The number of hydrogen-bond acceptors (Lipinski definition) is 2. The molecule has 1 aliphatic rings. The SMILES string of the molecule is CC=C(CCC)c1nc(-c2ccc(Cl)c(CCC)c2)n2c1CCO[C@H](CF)C2. The number of ether oxygens (including phenoxy) is 1. The highest BCUT2D eigenvalue weighted by Crippen LogP contribution is 2.33. The number of benzene rings is 1. The van der Waals surface area contributed by atoms with Crippen LogP contribution in [0.5, 0.6) is 0 Å². The summed E-state index contributed by atoms with van der Waals surface area (Å²) in [6, 6.07) is 6.11. The molecule has 0 saturated heterocycles. The van der Waals surface area contributed by atoms with Crippen LogP contribution < -0.4 is 0 Å². The molecule has 0 fully saturated rings. The number of aryl methyl sites for hydroxylation is 1. The number of aromatic nitrogens is 2. The zero-order valence-electron chi connectivity index (χ0n) is 17.1. The van der Waals surface area contributed by atoms with Crippen molar-refractivity contribution in [2.45, 2.75) is 65.5 Å². The van der Waals surface area contributed by atoms with E-state index in [-0.39, 0.29) is 0 Å². The van der Waals surface area contributed by atoms with Gasteiger partial charge in [0.05, 0.1) is 18.8 Å². The van der Waals surface area contributed by atoms with Gasteiger partial charge in [0, 0.05) is 22.7 Å². The summed E-state index contributed by atoms with van der Waals surface area (Å²) in [6.07, 6.45) is 6.48. The molecular weight excluding hydrogens is 375 g/mol. The van der Waals surface area contributed by atoms with E-state index < -0.39 is 12.8 Å². The Labute approximate surface area is 172 Å². The highest BCUT2D eigenvalue weighted by molar-refractivity contribution is 6.31. The van der Waals surface area contributed by atoms with Gasteiger partial charge >= 0.3 is 0 Å². The molecule has 0 unspecified atom stereocenters. The maximum atomic E-state index is 13.5. The third kappa shape index (κ3) is 4.33. The van der Waals surface area contributed by atoms with Crippen LogP contribution in [-0.2, 0) is 24.1 Å². The number of fused-ring (bicyclic) bond motifs is 1. The molecule has 1 aliphatic heterocycles. The lowest BCUT2D eigenvalue weighted by Gasteiger charge is -2.15. The van der Waals surface area contributed by atoms with Crippen molar-refractivity contribution in [1.29, 1.82) is 0 Å². The number of nitrogens with zero attached hydrogens (tertiary/aromatic N) is 2. The first-order chi connectivity index (χ1) is 13.6. The standard InChI is InChI=1S/C23H30ClFN2O/c1-4-7-16(6-3)22-21-11-12-28-19(14-25)15-27(21)23(26-22)18-9-10-20(24)17(13-18)8-5-2/h6,9-10,13,19H,4-5,7-8,11-12,14-15H2,1-3H3/t19-/m1/s1. The molecule has 3 rings (SSSR count). The largest absolute Gasteiger partial charge is 0.373 e. The fraction of sp³-hybridized carbons (Fsp3) is 0.522. The summed E-state index contributed by atoms with van der Waals surface area (Å²) in [4.78, 5) is 5.07. The molecule has 2 aromatic rings. The minimum atomic E-state index is -0.487. The number of halogens is 2. The minimum absolute atomic E-state index is 0.426. The molecule has 0 N–H and O–H groups in total. The van der Waals surface area contributed by atoms with Crippen molar-refractivity contribution < 1.29 is 9.13 Å². The van der Waals surface area contributed by atoms with Gasteiger partial charge in [-0.3, -0.25) is 0 Å². The molecular formula is C23H30ClFN2O. The van der Waals surface area contributed by atoms with Crippen molar-refractivity contribution >= 4 is 17.2 Å². The predicted molar refractivity (Wildman–Crippen MR) is 115 cm³/mol. The Morgan fingerprint density at radius 3 is 2.86 bits per heavy atom. The molecule has 1 aromatic carbocycles. The lowest BCUT2D eigenvalue weighted by atomic mass is 10.0. The van der Waals surface area contributed by atoms with Crippen LogP contribution in [0.25, 0.3) is 17.0 Å². The van der Waals surface area contributed by atoms with E-state index in [1.807, 2.05) is 12.1 Å². The van der Waals surface area contributed by atoms with Gasteiger partial charge in [-0.15, -0.1) is 0 Å². The fourth-order valence-corrected chi connectivity index (χ4v) is 4.14. The van der Waals surface area contributed by atoms with Gasteiger partial charge in [-0.2, -0.15) is 0 Å². The van der Waals surface area contributed by atoms with Crippen LogP contribution in [0.2, 0.25) is 5.02 Å². The molecule has 152 valence electrons. The maximum absolute atomic E-state index is 13.5. The lowest BCUT2D eigenvalue weighted by Crippen LogP contribution is -2.21. The molecule has 0 aliphatic carbocycles. The number of allylic oxidation sites excluding steroid dienone is 2. The van der Waals surface area contributed by atoms with Gasteiger partial charge in [-0.25, -0.2) is 9.37 Å². The van der Waals surface area contributed by atoms with E-state index in [1.165, 1.54) is 5.57 Å². The van der Waals surface area contributed by atoms with E-state index >= 15 is 0 Å². The normalized spacial score (nSPS) is 17.5. The monoisotopic (exact) mass is 404 g/mol. The summed E-state index contributed by atoms with van der Waals surface area (Å²) in [7, 11) is 0. The molecule has 0 saturated carbocycles. The molecule has 2 heterocycles. The Morgan fingerprint density at radius 1 is 1.36 bits per heavy atom. The third-order valence-electron chi connectivity index (χ3n) is 5.32. The molecule has 3 nitrogen and oxygen atoms in total. The van der Waals surface area contributed by atoms with Crippen molar-refractivity contribution in [2.75, 3.05) is 13.3 Å². The number of imidazole rings is 1. The Kier molecular flexibility index (Phi) is 7.30. The van der Waals surface area contributed by atoms with Crippen LogP contribution >= 0.6 is 11.6 Å². The van der Waals surface area contributed by atoms with Crippen LogP contribution in [0.15, 0.2) is 24.3 Å². The van der Waals surface area contributed by atoms with Gasteiger partial charge in [-0.1, -0.05) is 44.4 Å². The average Bonchev–Trinajstić information content (AvgIpc) is 2.91. The smallest absolute Gasteiger partial charge is 0.140 e. The highest BCUT2D eigenvalue weighted by atomic mass is 35.5. The Hall–Kier alpha value is -1.65. The Morgan fingerprint density at radius 2 is 2.18 bits per heavy atom. The number of alkyl halides is 1. The van der Waals surface area contributed by atoms with Gasteiger partial charge in [0.25, 0.3) is 0 Å². The van der Waals surface area contributed by atoms with E-state index in [4.69, 9.17) is 21.3 Å². The Balaban J connectivity index is 2.15. The topological polar surface area (TPSA) is 27.1 Å². The highest BCUT2D eigenvalue weighted by Gasteiger charge is 2.26. The first kappa shape index (κ1) is 21.1. The quantitative estimate of drug-likeness (QED) is 0.543. The van der Waals surface area contributed by atoms with Gasteiger partial charge < -0.3 is 9.30 Å². The van der Waals surface area contributed by atoms with Gasteiger partial charge in [0.2, 0.25) is 0 Å². The average molecular weight is 405 g/mol. The van der Waals surface area contributed by atoms with Gasteiger partial charge in [0.1, 0.15) is 18.6 Å². The van der Waals surface area contributed by atoms with Crippen molar-refractivity contribution in [3.63, 3.8) is 0 Å². The van der Waals surface area contributed by atoms with Crippen molar-refractivity contribution in [2.24, 2.45) is 0 Å². The van der Waals surface area contributed by atoms with Crippen LogP contribution in [0.1, 0.15) is 57.0 Å². The second-order valence-electron chi connectivity index (χ2n) is 7.36. The van der Waals surface area contributed by atoms with Gasteiger partial charge in [0.15, 0.2) is 0 Å². The third-order valence-corrected chi connectivity index (χ3v) is 5.69. The molecule has 0 amide bonds. The van der Waals surface area contributed by atoms with E-state index in [1.54, 1.807) is 0 Å². The second-order valence-corrected chi connectivity index (χ2v) is 7.77. The van der Waals surface area contributed by atoms with Crippen LogP contribution in [-0.4, -0.2) is 28.9 Å². The molecule has 1 aromatic heterocycles. The summed E-state index contributed by atoms with van der Waals surface area (Å²) in [5.74, 6) is 0.887. The Bertz CT molecular complexity index is 843. The van der Waals surface area contributed by atoms with Crippen molar-refractivity contribution in [1.82, 2.24) is 9.55 Å². The number of rotatable bonds is 7. The summed E-state index contributed by atoms with van der Waals surface area (Å²) in [6.45, 7) is 6.92. The molecule has 0 bridgehead atoms. The first-order valence-corrected chi connectivity index (χ1v) is 10.7. The lowest BCUT2D eigenvalue weighted by molar-refractivity contribution is 0.0355. The minimum Gasteiger partial charge on any atom is -0.373 e. The first-order valence-electron chi connectivity index (χ1n) is 10.3. The predicted octanol–water partition coefficient (Wildman–Crippen LogP) is 6.27. The maximum Gasteiger partial charge on any atom is 0.140 e. The molecule has 1 atom stereocenters. The zero-order chi connectivity index (χ0) is 20.1.